The van der Waals surface area contributed by atoms with Gasteiger partial charge in [0.05, 0.1) is 17.8 Å². The van der Waals surface area contributed by atoms with E-state index in [1.54, 1.807) is 24.3 Å². The summed E-state index contributed by atoms with van der Waals surface area (Å²) in [6.07, 6.45) is 0. The van der Waals surface area contributed by atoms with Crippen molar-refractivity contribution in [3.8, 4) is 5.75 Å². The number of anilines is 1. The highest BCUT2D eigenvalue weighted by Crippen LogP contribution is 2.29. The molecule has 0 fully saturated rings. The second kappa shape index (κ2) is 8.42. The smallest absolute Gasteiger partial charge is 0.263 e. The van der Waals surface area contributed by atoms with E-state index in [-0.39, 0.29) is 33.0 Å². The summed E-state index contributed by atoms with van der Waals surface area (Å²) in [4.78, 5) is 12.0. The summed E-state index contributed by atoms with van der Waals surface area (Å²) in [6, 6.07) is 10.7. The van der Waals surface area contributed by atoms with Gasteiger partial charge in [-0.1, -0.05) is 37.6 Å². The number of nitrogens with one attached hydrogen (secondary N) is 2. The van der Waals surface area contributed by atoms with E-state index >= 15 is 0 Å². The molecule has 8 heteroatoms. The molecule has 0 unspecified atom stereocenters. The molecule has 26 heavy (non-hydrogen) atoms. The Morgan fingerprint density at radius 2 is 1.88 bits per heavy atom. The lowest BCUT2D eigenvalue weighted by atomic mass is 10.2. The summed E-state index contributed by atoms with van der Waals surface area (Å²) in [5.41, 5.74) is 0.496. The van der Waals surface area contributed by atoms with E-state index in [0.717, 1.165) is 0 Å². The minimum absolute atomic E-state index is 0.0211. The number of hydrogen-bond acceptors (Lipinski definition) is 4. The maximum Gasteiger partial charge on any atom is 0.263 e. The van der Waals surface area contributed by atoms with Crippen LogP contribution < -0.4 is 14.8 Å². The van der Waals surface area contributed by atoms with Gasteiger partial charge in [0.2, 0.25) is 0 Å². The molecular formula is C18H21ClN2O4S. The molecule has 2 aromatic carbocycles. The van der Waals surface area contributed by atoms with Crippen LogP contribution in [0.25, 0.3) is 0 Å². The highest BCUT2D eigenvalue weighted by molar-refractivity contribution is 7.92. The number of ether oxygens (including phenoxy) is 1. The van der Waals surface area contributed by atoms with Crippen LogP contribution in [0.3, 0.4) is 0 Å². The number of para-hydroxylation sites is 2. The quantitative estimate of drug-likeness (QED) is 0.749. The number of carbonyl (C=O) groups excluding carboxylic acids is 1. The monoisotopic (exact) mass is 396 g/mol. The van der Waals surface area contributed by atoms with Gasteiger partial charge in [-0.05, 0) is 36.2 Å². The van der Waals surface area contributed by atoms with Gasteiger partial charge in [0.1, 0.15) is 10.6 Å². The molecule has 0 bridgehead atoms. The molecule has 0 saturated heterocycles. The lowest BCUT2D eigenvalue weighted by molar-refractivity contribution is 0.0949. The SMILES string of the molecule is COc1ccccc1NS(=O)(=O)c1cc(C(=O)NCC(C)C)ccc1Cl. The molecule has 0 aromatic heterocycles. The highest BCUT2D eigenvalue weighted by Gasteiger charge is 2.21. The minimum Gasteiger partial charge on any atom is -0.495 e. The highest BCUT2D eigenvalue weighted by atomic mass is 35.5. The third kappa shape index (κ3) is 4.89. The zero-order chi connectivity index (χ0) is 19.3. The number of methoxy groups -OCH3 is 1. The standard InChI is InChI=1S/C18H21ClN2O4S/c1-12(2)11-20-18(22)13-8-9-14(19)17(10-13)26(23,24)21-15-6-4-5-7-16(15)25-3/h4-10,12,21H,11H2,1-3H3,(H,20,22). The fourth-order valence-electron chi connectivity index (χ4n) is 2.18. The van der Waals surface area contributed by atoms with Crippen LogP contribution in [0.1, 0.15) is 24.2 Å². The predicted octanol–water partition coefficient (Wildman–Crippen LogP) is 3.54. The molecule has 0 saturated carbocycles. The fraction of sp³-hybridized carbons (Fsp3) is 0.278. The summed E-state index contributed by atoms with van der Waals surface area (Å²) in [5.74, 6) is 0.295. The second-order valence-corrected chi connectivity index (χ2v) is 8.11. The van der Waals surface area contributed by atoms with Crippen molar-refractivity contribution in [3.05, 3.63) is 53.1 Å². The molecule has 0 atom stereocenters. The zero-order valence-electron chi connectivity index (χ0n) is 14.7. The van der Waals surface area contributed by atoms with E-state index < -0.39 is 10.0 Å². The number of sulfonamides is 1. The number of carbonyl (C=O) groups is 1. The van der Waals surface area contributed by atoms with E-state index in [2.05, 4.69) is 10.0 Å². The van der Waals surface area contributed by atoms with Crippen molar-refractivity contribution < 1.29 is 17.9 Å². The summed E-state index contributed by atoms with van der Waals surface area (Å²) in [7, 11) is -2.56. The Balaban J connectivity index is 2.34. The number of benzene rings is 2. The van der Waals surface area contributed by atoms with E-state index in [1.807, 2.05) is 13.8 Å². The molecule has 0 aliphatic rings. The van der Waals surface area contributed by atoms with Crippen LogP contribution in [0, 0.1) is 5.92 Å². The third-order valence-electron chi connectivity index (χ3n) is 3.51. The van der Waals surface area contributed by atoms with Gasteiger partial charge in [0, 0.05) is 12.1 Å². The van der Waals surface area contributed by atoms with Crippen LogP contribution >= 0.6 is 11.6 Å². The van der Waals surface area contributed by atoms with Crippen molar-refractivity contribution in [2.45, 2.75) is 18.7 Å². The van der Waals surface area contributed by atoms with Crippen molar-refractivity contribution in [1.29, 1.82) is 0 Å². The molecule has 1 amide bonds. The first-order valence-corrected chi connectivity index (χ1v) is 9.84. The van der Waals surface area contributed by atoms with Crippen molar-refractivity contribution in [1.82, 2.24) is 5.32 Å². The van der Waals surface area contributed by atoms with Crippen LogP contribution in [0.2, 0.25) is 5.02 Å². The average molecular weight is 397 g/mol. The van der Waals surface area contributed by atoms with Gasteiger partial charge < -0.3 is 10.1 Å². The van der Waals surface area contributed by atoms with Crippen molar-refractivity contribution >= 4 is 33.2 Å². The molecule has 0 spiro atoms. The van der Waals surface area contributed by atoms with Gasteiger partial charge >= 0.3 is 0 Å². The van der Waals surface area contributed by atoms with Crippen LogP contribution in [0.5, 0.6) is 5.75 Å². The molecule has 0 aliphatic heterocycles. The number of hydrogen-bond donors (Lipinski definition) is 2. The zero-order valence-corrected chi connectivity index (χ0v) is 16.3. The third-order valence-corrected chi connectivity index (χ3v) is 5.35. The molecule has 140 valence electrons. The topological polar surface area (TPSA) is 84.5 Å². The lowest BCUT2D eigenvalue weighted by Crippen LogP contribution is -2.27. The lowest BCUT2D eigenvalue weighted by Gasteiger charge is -2.14. The van der Waals surface area contributed by atoms with Gasteiger partial charge in [-0.15, -0.1) is 0 Å². The first-order valence-electron chi connectivity index (χ1n) is 7.98. The first kappa shape index (κ1) is 20.1. The summed E-state index contributed by atoms with van der Waals surface area (Å²) < 4.78 is 33.1. The Morgan fingerprint density at radius 1 is 1.19 bits per heavy atom. The molecule has 0 aliphatic carbocycles. The minimum atomic E-state index is -4.01. The van der Waals surface area contributed by atoms with Crippen LogP contribution in [0.15, 0.2) is 47.4 Å². The maximum absolute atomic E-state index is 12.7. The molecule has 0 heterocycles. The number of rotatable bonds is 7. The predicted molar refractivity (Wildman–Crippen MR) is 102 cm³/mol. The summed E-state index contributed by atoms with van der Waals surface area (Å²) in [5, 5.41) is 2.77. The molecule has 0 radical (unpaired) electrons. The molecular weight excluding hydrogens is 376 g/mol. The Labute approximate surface area is 158 Å². The van der Waals surface area contributed by atoms with Crippen LogP contribution in [-0.4, -0.2) is 28.0 Å². The Morgan fingerprint density at radius 3 is 2.54 bits per heavy atom. The first-order chi connectivity index (χ1) is 12.2. The normalized spacial score (nSPS) is 11.3. The van der Waals surface area contributed by atoms with E-state index in [4.69, 9.17) is 16.3 Å². The molecule has 2 aromatic rings. The van der Waals surface area contributed by atoms with Gasteiger partial charge in [-0.2, -0.15) is 0 Å². The van der Waals surface area contributed by atoms with Gasteiger partial charge in [0.15, 0.2) is 0 Å². The second-order valence-electron chi connectivity index (χ2n) is 6.05. The van der Waals surface area contributed by atoms with Crippen molar-refractivity contribution in [3.63, 3.8) is 0 Å². The number of amides is 1. The van der Waals surface area contributed by atoms with E-state index in [1.165, 1.54) is 25.3 Å². The van der Waals surface area contributed by atoms with Gasteiger partial charge in [-0.3, -0.25) is 9.52 Å². The van der Waals surface area contributed by atoms with E-state index in [9.17, 15) is 13.2 Å². The van der Waals surface area contributed by atoms with Crippen molar-refractivity contribution in [2.75, 3.05) is 18.4 Å². The van der Waals surface area contributed by atoms with Crippen molar-refractivity contribution in [2.24, 2.45) is 5.92 Å². The van der Waals surface area contributed by atoms with E-state index in [0.29, 0.717) is 12.3 Å². The average Bonchev–Trinajstić information content (AvgIpc) is 2.60. The van der Waals surface area contributed by atoms with Gasteiger partial charge in [-0.25, -0.2) is 8.42 Å². The van der Waals surface area contributed by atoms with Crippen LogP contribution in [0.4, 0.5) is 5.69 Å². The van der Waals surface area contributed by atoms with Crippen LogP contribution in [-0.2, 0) is 10.0 Å². The molecule has 2 N–H and O–H groups in total. The summed E-state index contributed by atoms with van der Waals surface area (Å²) >= 11 is 6.07. The molecule has 2 rings (SSSR count). The Bertz CT molecular complexity index is 898. The van der Waals surface area contributed by atoms with Gasteiger partial charge in [0.25, 0.3) is 15.9 Å². The summed E-state index contributed by atoms with van der Waals surface area (Å²) in [6.45, 7) is 4.42. The number of halogens is 1. The Kier molecular flexibility index (Phi) is 6.50. The maximum atomic E-state index is 12.7. The largest absolute Gasteiger partial charge is 0.495 e. The fourth-order valence-corrected chi connectivity index (χ4v) is 3.78. The Hall–Kier alpha value is -2.25. The molecule has 6 nitrogen and oxygen atoms in total.